The topological polar surface area (TPSA) is 56.1 Å². The summed E-state index contributed by atoms with van der Waals surface area (Å²) < 4.78 is 36.6. The van der Waals surface area contributed by atoms with Crippen LogP contribution < -0.4 is 4.74 Å². The number of rotatable bonds is 8. The molecule has 3 aromatic rings. The van der Waals surface area contributed by atoms with Crippen LogP contribution in [-0.2, 0) is 4.74 Å². The Hall–Kier alpha value is -3.10. The van der Waals surface area contributed by atoms with Crippen molar-refractivity contribution in [2.24, 2.45) is 5.92 Å². The molecule has 6 nitrogen and oxygen atoms in total. The Kier molecular flexibility index (Phi) is 11.8. The zero-order valence-corrected chi connectivity index (χ0v) is 26.3. The fourth-order valence-corrected chi connectivity index (χ4v) is 4.79. The number of ether oxygens (including phenoxy) is 2. The second-order valence-corrected chi connectivity index (χ2v) is 11.9. The Bertz CT molecular complexity index is 1340. The van der Waals surface area contributed by atoms with Gasteiger partial charge in [-0.2, -0.15) is 5.10 Å². The Labute approximate surface area is 251 Å². The minimum Gasteiger partial charge on any atom is -0.485 e. The Morgan fingerprint density at radius 2 is 1.93 bits per heavy atom. The molecule has 1 aliphatic carbocycles. The van der Waals surface area contributed by atoms with Gasteiger partial charge in [-0.3, -0.25) is 9.69 Å². The van der Waals surface area contributed by atoms with E-state index in [2.05, 4.69) is 30.4 Å². The van der Waals surface area contributed by atoms with Gasteiger partial charge in [-0.05, 0) is 88.3 Å². The standard InChI is InChI=1S/C26H31N3O3.C4H7F.C4H9F.H2/c1-6-20-14-21(13-18(2)25(20)19(3)30)23-15-27-29-16-22(7-8-24(23)29)32-26(4,5)17-28-9-11-31-12-10-28;1-3-2-4(3)5;1-3-4(2)5;/h6-8,13-16H,1,9-12,17H2,2-5H3;3-4H,2H2,1H3;4H,3H2,1-2H3;1H/t;3-,4+;;/m.1../s1. The second kappa shape index (κ2) is 14.9. The van der Waals surface area contributed by atoms with Crippen molar-refractivity contribution in [3.8, 4) is 16.9 Å². The molecule has 2 aromatic heterocycles. The number of aromatic nitrogens is 2. The number of halogens is 2. The monoisotopic (exact) mass is 585 g/mol. The number of aryl methyl sites for hydroxylation is 1. The van der Waals surface area contributed by atoms with Gasteiger partial charge in [-0.1, -0.05) is 32.6 Å². The number of carbonyl (C=O) groups excluding carboxylic acids is 1. The van der Waals surface area contributed by atoms with Gasteiger partial charge in [-0.25, -0.2) is 13.3 Å². The zero-order chi connectivity index (χ0) is 31.0. The second-order valence-electron chi connectivity index (χ2n) is 11.9. The van der Waals surface area contributed by atoms with Gasteiger partial charge in [0.05, 0.1) is 37.3 Å². The van der Waals surface area contributed by atoms with Crippen LogP contribution in [0.15, 0.2) is 43.2 Å². The molecule has 3 heterocycles. The first-order chi connectivity index (χ1) is 19.8. The average molecular weight is 586 g/mol. The largest absolute Gasteiger partial charge is 0.485 e. The predicted octanol–water partition coefficient (Wildman–Crippen LogP) is 8.01. The highest BCUT2D eigenvalue weighted by Gasteiger charge is 2.31. The highest BCUT2D eigenvalue weighted by atomic mass is 19.1. The van der Waals surface area contributed by atoms with Gasteiger partial charge in [0.25, 0.3) is 0 Å². The van der Waals surface area contributed by atoms with Gasteiger partial charge in [0.1, 0.15) is 17.5 Å². The van der Waals surface area contributed by atoms with Gasteiger partial charge >= 0.3 is 0 Å². The molecule has 1 aliphatic heterocycles. The van der Waals surface area contributed by atoms with E-state index < -0.39 is 12.3 Å². The number of nitrogens with zero attached hydrogens (tertiary/aromatic N) is 3. The van der Waals surface area contributed by atoms with Crippen molar-refractivity contribution in [2.75, 3.05) is 32.8 Å². The predicted molar refractivity (Wildman–Crippen MR) is 169 cm³/mol. The minimum absolute atomic E-state index is 0. The third-order valence-electron chi connectivity index (χ3n) is 7.41. The van der Waals surface area contributed by atoms with E-state index >= 15 is 0 Å². The maximum atomic E-state index is 12.0. The summed E-state index contributed by atoms with van der Waals surface area (Å²) in [7, 11) is 0. The van der Waals surface area contributed by atoms with E-state index in [-0.39, 0.29) is 12.8 Å². The molecule has 1 aromatic carbocycles. The van der Waals surface area contributed by atoms with Crippen molar-refractivity contribution in [3.05, 3.63) is 59.9 Å². The molecule has 0 spiro atoms. The van der Waals surface area contributed by atoms with Crippen LogP contribution in [0.2, 0.25) is 0 Å². The van der Waals surface area contributed by atoms with Crippen LogP contribution in [-0.4, -0.2) is 71.1 Å². The first kappa shape index (κ1) is 33.4. The number of morpholine rings is 1. The number of hydrogen-bond donors (Lipinski definition) is 0. The number of Topliss-reactive ketones (excluding diaryl/α,β-unsaturated/α-hetero) is 1. The molecule has 1 unspecified atom stereocenters. The zero-order valence-electron chi connectivity index (χ0n) is 26.3. The molecule has 1 saturated heterocycles. The van der Waals surface area contributed by atoms with Gasteiger partial charge in [0.2, 0.25) is 0 Å². The summed E-state index contributed by atoms with van der Waals surface area (Å²) in [6.07, 6.45) is 5.89. The van der Waals surface area contributed by atoms with Gasteiger partial charge in [-0.15, -0.1) is 0 Å². The van der Waals surface area contributed by atoms with Crippen LogP contribution in [0.3, 0.4) is 0 Å². The molecule has 8 heteroatoms. The summed E-state index contributed by atoms with van der Waals surface area (Å²) in [4.78, 5) is 14.4. The molecule has 2 aliphatic rings. The van der Waals surface area contributed by atoms with Crippen LogP contribution in [0.4, 0.5) is 8.78 Å². The quantitative estimate of drug-likeness (QED) is 0.251. The highest BCUT2D eigenvalue weighted by Crippen LogP contribution is 2.32. The third kappa shape index (κ3) is 9.46. The van der Waals surface area contributed by atoms with Crippen LogP contribution >= 0.6 is 0 Å². The van der Waals surface area contributed by atoms with Crippen molar-refractivity contribution in [1.29, 1.82) is 0 Å². The van der Waals surface area contributed by atoms with Gasteiger partial charge < -0.3 is 9.47 Å². The lowest BCUT2D eigenvalue weighted by molar-refractivity contribution is -0.00368. The molecule has 1 saturated carbocycles. The first-order valence-electron chi connectivity index (χ1n) is 14.9. The average Bonchev–Trinajstić information content (AvgIpc) is 3.41. The van der Waals surface area contributed by atoms with Crippen LogP contribution in [0.5, 0.6) is 5.75 Å². The lowest BCUT2D eigenvalue weighted by atomic mass is 9.93. The van der Waals surface area contributed by atoms with Crippen molar-refractivity contribution in [1.82, 2.24) is 14.5 Å². The van der Waals surface area contributed by atoms with Crippen LogP contribution in [0.25, 0.3) is 22.7 Å². The fourth-order valence-electron chi connectivity index (χ4n) is 4.79. The minimum atomic E-state index is -0.616. The molecule has 42 heavy (non-hydrogen) atoms. The molecule has 3 atom stereocenters. The first-order valence-corrected chi connectivity index (χ1v) is 14.9. The van der Waals surface area contributed by atoms with E-state index in [1.165, 1.54) is 0 Å². The maximum Gasteiger partial charge on any atom is 0.160 e. The molecule has 5 rings (SSSR count). The lowest BCUT2D eigenvalue weighted by Crippen LogP contribution is -2.47. The number of pyridine rings is 1. The molecular weight excluding hydrogens is 536 g/mol. The van der Waals surface area contributed by atoms with Crippen molar-refractivity contribution in [3.63, 3.8) is 0 Å². The van der Waals surface area contributed by atoms with E-state index in [9.17, 15) is 13.6 Å². The molecule has 0 N–H and O–H groups in total. The van der Waals surface area contributed by atoms with Crippen molar-refractivity contribution >= 4 is 17.4 Å². The smallest absolute Gasteiger partial charge is 0.160 e. The fraction of sp³-hybridized carbons (Fsp3) is 0.529. The van der Waals surface area contributed by atoms with E-state index in [1.54, 1.807) is 19.9 Å². The summed E-state index contributed by atoms with van der Waals surface area (Å²) in [6, 6.07) is 8.07. The summed E-state index contributed by atoms with van der Waals surface area (Å²) in [5.74, 6) is 1.21. The van der Waals surface area contributed by atoms with Gasteiger partial charge in [0.15, 0.2) is 5.78 Å². The molecular formula is C34H49F2N3O3. The summed E-state index contributed by atoms with van der Waals surface area (Å²) in [5.41, 5.74) is 5.17. The number of carbonyl (C=O) groups is 1. The third-order valence-corrected chi connectivity index (χ3v) is 7.41. The summed E-state index contributed by atoms with van der Waals surface area (Å²) in [5, 5.41) is 4.56. The molecule has 2 fully saturated rings. The van der Waals surface area contributed by atoms with Crippen LogP contribution in [0.1, 0.15) is 77.3 Å². The molecule has 232 valence electrons. The normalized spacial score (nSPS) is 19.2. The molecule has 0 amide bonds. The van der Waals surface area contributed by atoms with E-state index in [1.807, 2.05) is 61.9 Å². The van der Waals surface area contributed by atoms with E-state index in [0.29, 0.717) is 12.3 Å². The number of ketones is 1. The highest BCUT2D eigenvalue weighted by molar-refractivity contribution is 6.00. The summed E-state index contributed by atoms with van der Waals surface area (Å²) >= 11 is 0. The van der Waals surface area contributed by atoms with Crippen molar-refractivity contribution in [2.45, 2.75) is 79.3 Å². The number of hydrogen-bond acceptors (Lipinski definition) is 5. The number of benzene rings is 1. The van der Waals surface area contributed by atoms with E-state index in [0.717, 1.165) is 78.4 Å². The van der Waals surface area contributed by atoms with Crippen LogP contribution in [0, 0.1) is 12.8 Å². The van der Waals surface area contributed by atoms with Crippen molar-refractivity contribution < 1.29 is 24.5 Å². The maximum absolute atomic E-state index is 12.0. The number of fused-ring (bicyclic) bond motifs is 1. The number of alkyl halides is 2. The summed E-state index contributed by atoms with van der Waals surface area (Å²) in [6.45, 7) is 21.2. The molecule has 0 radical (unpaired) electrons. The SMILES string of the molecule is C=Cc1cc(-c2cnn3cc(OC(C)(C)CN4CCOCC4)ccc23)cc(C)c1C(C)=O.CCC(C)F.C[C@@H]1C[C@@H]1F.[HH]. The lowest BCUT2D eigenvalue weighted by Gasteiger charge is -2.35. The Morgan fingerprint density at radius 3 is 2.45 bits per heavy atom. The van der Waals surface area contributed by atoms with E-state index in [4.69, 9.17) is 9.47 Å². The van der Waals surface area contributed by atoms with Gasteiger partial charge in [0, 0.05) is 32.2 Å². The molecule has 0 bridgehead atoms. The Morgan fingerprint density at radius 1 is 1.31 bits per heavy atom. The Balaban J connectivity index is 0.000000501.